The summed E-state index contributed by atoms with van der Waals surface area (Å²) in [4.78, 5) is 7.37. The molecular weight excluding hydrogens is 527 g/mol. The van der Waals surface area contributed by atoms with Crippen molar-refractivity contribution in [2.24, 2.45) is 10.9 Å². The van der Waals surface area contributed by atoms with Crippen LogP contribution >= 0.6 is 24.0 Å². The second-order valence-corrected chi connectivity index (χ2v) is 9.24. The number of nitrogens with one attached hydrogen (secondary N) is 2. The number of benzene rings is 1. The Hall–Kier alpha value is -0.900. The maximum atomic E-state index is 5.86. The molecule has 33 heavy (non-hydrogen) atoms. The van der Waals surface area contributed by atoms with Crippen LogP contribution < -0.4 is 10.6 Å². The lowest BCUT2D eigenvalue weighted by Crippen LogP contribution is -2.38. The van der Waals surface area contributed by atoms with Crippen molar-refractivity contribution in [3.63, 3.8) is 0 Å². The Kier molecular flexibility index (Phi) is 14.3. The topological polar surface area (TPSA) is 58.1 Å². The molecule has 0 aromatic heterocycles. The average Bonchev–Trinajstić information content (AvgIpc) is 2.82. The van der Waals surface area contributed by atoms with Gasteiger partial charge in [-0.15, -0.1) is 24.0 Å². The molecule has 7 heteroatoms. The van der Waals surface area contributed by atoms with Gasteiger partial charge < -0.3 is 20.1 Å². The number of rotatable bonds is 11. The van der Waals surface area contributed by atoms with E-state index in [4.69, 9.17) is 14.5 Å². The Bertz CT molecular complexity index is 665. The molecular formula is C26H45IN4O2. The molecule has 2 saturated heterocycles. The summed E-state index contributed by atoms with van der Waals surface area (Å²) >= 11 is 0. The molecule has 1 aromatic rings. The molecule has 0 aliphatic carbocycles. The summed E-state index contributed by atoms with van der Waals surface area (Å²) in [6.45, 7) is 12.6. The van der Waals surface area contributed by atoms with Crippen molar-refractivity contribution in [2.45, 2.75) is 71.5 Å². The molecule has 0 spiro atoms. The Morgan fingerprint density at radius 3 is 2.58 bits per heavy atom. The Labute approximate surface area is 218 Å². The van der Waals surface area contributed by atoms with Crippen LogP contribution in [0.4, 0.5) is 0 Å². The fraction of sp³-hybridized carbons (Fsp3) is 0.731. The van der Waals surface area contributed by atoms with Gasteiger partial charge in [0.05, 0.1) is 6.54 Å². The zero-order valence-electron chi connectivity index (χ0n) is 20.7. The van der Waals surface area contributed by atoms with Crippen molar-refractivity contribution in [3.8, 4) is 0 Å². The minimum absolute atomic E-state index is 0. The van der Waals surface area contributed by atoms with E-state index >= 15 is 0 Å². The highest BCUT2D eigenvalue weighted by Crippen LogP contribution is 2.19. The summed E-state index contributed by atoms with van der Waals surface area (Å²) in [7, 11) is 0. The van der Waals surface area contributed by atoms with Gasteiger partial charge in [0, 0.05) is 52.1 Å². The zero-order valence-corrected chi connectivity index (χ0v) is 23.0. The fourth-order valence-corrected chi connectivity index (χ4v) is 4.43. The molecule has 188 valence electrons. The Balaban J connectivity index is 0.00000385. The summed E-state index contributed by atoms with van der Waals surface area (Å²) in [5.74, 6) is 1.55. The average molecular weight is 573 g/mol. The second kappa shape index (κ2) is 16.7. The SMILES string of the molecule is CCNC(=NCc1ccc(CN2CCCCC2C)cc1)NCCCOCC1CCOCC1.I. The third kappa shape index (κ3) is 10.9. The first-order valence-corrected chi connectivity index (χ1v) is 12.7. The van der Waals surface area contributed by atoms with E-state index in [2.05, 4.69) is 53.6 Å². The monoisotopic (exact) mass is 572 g/mol. The maximum absolute atomic E-state index is 5.86. The van der Waals surface area contributed by atoms with Crippen LogP contribution in [0.25, 0.3) is 0 Å². The van der Waals surface area contributed by atoms with Gasteiger partial charge >= 0.3 is 0 Å². The molecule has 1 atom stereocenters. The first-order valence-electron chi connectivity index (χ1n) is 12.7. The molecule has 0 amide bonds. The molecule has 2 N–H and O–H groups in total. The van der Waals surface area contributed by atoms with Gasteiger partial charge in [0.15, 0.2) is 5.96 Å². The van der Waals surface area contributed by atoms with Crippen molar-refractivity contribution in [1.29, 1.82) is 0 Å². The third-order valence-electron chi connectivity index (χ3n) is 6.57. The normalized spacial score (nSPS) is 20.3. The molecule has 2 fully saturated rings. The van der Waals surface area contributed by atoms with Gasteiger partial charge in [0.25, 0.3) is 0 Å². The molecule has 2 aliphatic rings. The van der Waals surface area contributed by atoms with E-state index in [0.717, 1.165) is 71.3 Å². The summed E-state index contributed by atoms with van der Waals surface area (Å²) in [5.41, 5.74) is 2.65. The van der Waals surface area contributed by atoms with E-state index < -0.39 is 0 Å². The van der Waals surface area contributed by atoms with Crippen LogP contribution in [0.15, 0.2) is 29.3 Å². The highest BCUT2D eigenvalue weighted by atomic mass is 127. The van der Waals surface area contributed by atoms with Crippen molar-refractivity contribution >= 4 is 29.9 Å². The molecule has 2 aliphatic heterocycles. The quantitative estimate of drug-likeness (QED) is 0.176. The zero-order chi connectivity index (χ0) is 22.4. The number of hydrogen-bond donors (Lipinski definition) is 2. The van der Waals surface area contributed by atoms with E-state index in [-0.39, 0.29) is 24.0 Å². The molecule has 0 radical (unpaired) electrons. The summed E-state index contributed by atoms with van der Waals surface area (Å²) in [6.07, 6.45) is 7.29. The summed E-state index contributed by atoms with van der Waals surface area (Å²) in [6, 6.07) is 9.68. The highest BCUT2D eigenvalue weighted by molar-refractivity contribution is 14.0. The number of piperidine rings is 1. The molecule has 0 saturated carbocycles. The number of hydrogen-bond acceptors (Lipinski definition) is 4. The van der Waals surface area contributed by atoms with E-state index in [9.17, 15) is 0 Å². The van der Waals surface area contributed by atoms with Crippen molar-refractivity contribution in [1.82, 2.24) is 15.5 Å². The lowest BCUT2D eigenvalue weighted by Gasteiger charge is -2.33. The minimum atomic E-state index is 0. The number of likely N-dealkylation sites (tertiary alicyclic amines) is 1. The highest BCUT2D eigenvalue weighted by Gasteiger charge is 2.18. The van der Waals surface area contributed by atoms with Crippen LogP contribution in [0.2, 0.25) is 0 Å². The maximum Gasteiger partial charge on any atom is 0.191 e. The number of nitrogens with zero attached hydrogens (tertiary/aromatic N) is 2. The fourth-order valence-electron chi connectivity index (χ4n) is 4.43. The molecule has 3 rings (SSSR count). The molecule has 2 heterocycles. The van der Waals surface area contributed by atoms with Crippen LogP contribution in [0, 0.1) is 5.92 Å². The number of halogens is 1. The Morgan fingerprint density at radius 1 is 1.09 bits per heavy atom. The third-order valence-corrected chi connectivity index (χ3v) is 6.57. The first kappa shape index (κ1) is 28.3. The standard InChI is InChI=1S/C26H44N4O2.HI/c1-3-27-26(28-14-6-16-32-21-25-12-17-31-18-13-25)29-19-23-8-10-24(11-9-23)20-30-15-5-4-7-22(30)2;/h8-11,22,25H,3-7,12-21H2,1-2H3,(H2,27,28,29);1H. The van der Waals surface area contributed by atoms with Gasteiger partial charge in [-0.2, -0.15) is 0 Å². The van der Waals surface area contributed by atoms with Gasteiger partial charge in [-0.25, -0.2) is 4.99 Å². The van der Waals surface area contributed by atoms with Gasteiger partial charge in [-0.1, -0.05) is 30.7 Å². The minimum Gasteiger partial charge on any atom is -0.381 e. The van der Waals surface area contributed by atoms with Crippen LogP contribution in [0.1, 0.15) is 63.5 Å². The van der Waals surface area contributed by atoms with E-state index in [1.54, 1.807) is 0 Å². The van der Waals surface area contributed by atoms with Crippen molar-refractivity contribution < 1.29 is 9.47 Å². The van der Waals surface area contributed by atoms with E-state index in [1.807, 2.05) is 0 Å². The van der Waals surface area contributed by atoms with Crippen molar-refractivity contribution in [3.05, 3.63) is 35.4 Å². The van der Waals surface area contributed by atoms with Gasteiger partial charge in [-0.3, -0.25) is 4.90 Å². The lowest BCUT2D eigenvalue weighted by molar-refractivity contribution is 0.0203. The lowest BCUT2D eigenvalue weighted by atomic mass is 10.0. The van der Waals surface area contributed by atoms with Crippen LogP contribution in [-0.4, -0.2) is 63.0 Å². The predicted molar refractivity (Wildman–Crippen MR) is 147 cm³/mol. The van der Waals surface area contributed by atoms with E-state index in [0.29, 0.717) is 18.5 Å². The van der Waals surface area contributed by atoms with Crippen LogP contribution in [0.3, 0.4) is 0 Å². The van der Waals surface area contributed by atoms with Crippen molar-refractivity contribution in [2.75, 3.05) is 46.1 Å². The summed E-state index contributed by atoms with van der Waals surface area (Å²) in [5, 5.41) is 6.78. The number of aliphatic imine (C=N–C) groups is 1. The van der Waals surface area contributed by atoms with Crippen LogP contribution in [0.5, 0.6) is 0 Å². The molecule has 1 aromatic carbocycles. The largest absolute Gasteiger partial charge is 0.381 e. The van der Waals surface area contributed by atoms with Gasteiger partial charge in [-0.05, 0) is 69.5 Å². The Morgan fingerprint density at radius 2 is 1.85 bits per heavy atom. The number of guanidine groups is 1. The first-order chi connectivity index (χ1) is 15.7. The van der Waals surface area contributed by atoms with Gasteiger partial charge in [0.2, 0.25) is 0 Å². The van der Waals surface area contributed by atoms with Gasteiger partial charge in [0.1, 0.15) is 0 Å². The molecule has 0 bridgehead atoms. The molecule has 1 unspecified atom stereocenters. The van der Waals surface area contributed by atoms with E-state index in [1.165, 1.54) is 36.9 Å². The van der Waals surface area contributed by atoms with Crippen LogP contribution in [-0.2, 0) is 22.6 Å². The number of ether oxygens (including phenoxy) is 2. The summed E-state index contributed by atoms with van der Waals surface area (Å²) < 4.78 is 11.3. The predicted octanol–water partition coefficient (Wildman–Crippen LogP) is 4.57. The smallest absolute Gasteiger partial charge is 0.191 e. The molecule has 6 nitrogen and oxygen atoms in total. The second-order valence-electron chi connectivity index (χ2n) is 9.24.